The summed E-state index contributed by atoms with van der Waals surface area (Å²) in [5, 5.41) is 3.34. The third-order valence-corrected chi connectivity index (χ3v) is 7.66. The van der Waals surface area contributed by atoms with Gasteiger partial charge in [-0.25, -0.2) is 0 Å². The van der Waals surface area contributed by atoms with E-state index in [2.05, 4.69) is 64.5 Å². The van der Waals surface area contributed by atoms with Crippen LogP contribution in [0.3, 0.4) is 0 Å². The number of likely N-dealkylation sites (N-methyl/N-ethyl adjacent to an activating group) is 1. The summed E-state index contributed by atoms with van der Waals surface area (Å²) in [4.78, 5) is 15.4. The van der Waals surface area contributed by atoms with Crippen LogP contribution in [0.4, 0.5) is 0 Å². The van der Waals surface area contributed by atoms with Gasteiger partial charge in [0.05, 0.1) is 11.5 Å². The second-order valence-electron chi connectivity index (χ2n) is 8.99. The Morgan fingerprint density at radius 3 is 2.40 bits per heavy atom. The summed E-state index contributed by atoms with van der Waals surface area (Å²) in [6.07, 6.45) is 7.09. The van der Waals surface area contributed by atoms with Gasteiger partial charge in [-0.15, -0.1) is 0 Å². The van der Waals surface area contributed by atoms with Gasteiger partial charge >= 0.3 is 0 Å². The molecule has 1 aromatic carbocycles. The molecule has 4 bridgehead atoms. The minimum absolute atomic E-state index is 0.124. The van der Waals surface area contributed by atoms with Crippen molar-refractivity contribution in [2.75, 3.05) is 20.6 Å². The number of carbonyl (C=O) groups excluding carboxylic acids is 1. The van der Waals surface area contributed by atoms with E-state index in [-0.39, 0.29) is 15.8 Å². The molecule has 1 aromatic rings. The van der Waals surface area contributed by atoms with Crippen LogP contribution in [0.1, 0.15) is 50.1 Å². The van der Waals surface area contributed by atoms with Crippen molar-refractivity contribution in [2.45, 2.75) is 48.9 Å². The van der Waals surface area contributed by atoms with Crippen molar-refractivity contribution >= 4 is 21.8 Å². The summed E-state index contributed by atoms with van der Waals surface area (Å²) < 4.78 is 0.231. The third-order valence-electron chi connectivity index (χ3n) is 6.74. The molecule has 0 spiro atoms. The SMILES string of the molecule is CN(C)[C@H](CNC(=O)C12C[C@H]3C[C@@H](CC(Br)(C3)C1)C2)c1ccccc1. The summed E-state index contributed by atoms with van der Waals surface area (Å²) in [6, 6.07) is 10.7. The molecule has 4 heteroatoms. The molecule has 4 saturated carbocycles. The molecule has 4 fully saturated rings. The lowest BCUT2D eigenvalue weighted by molar-refractivity contribution is -0.144. The molecule has 3 nitrogen and oxygen atoms in total. The number of nitrogens with zero attached hydrogens (tertiary/aromatic N) is 1. The molecule has 3 atom stereocenters. The number of amides is 1. The number of hydrogen-bond acceptors (Lipinski definition) is 2. The fourth-order valence-electron chi connectivity index (χ4n) is 6.07. The molecular weight excluding hydrogens is 376 g/mol. The lowest BCUT2D eigenvalue weighted by atomic mass is 9.49. The van der Waals surface area contributed by atoms with Gasteiger partial charge in [0, 0.05) is 10.9 Å². The second kappa shape index (κ2) is 6.38. The number of benzene rings is 1. The Labute approximate surface area is 159 Å². The van der Waals surface area contributed by atoms with Crippen molar-refractivity contribution in [3.8, 4) is 0 Å². The van der Waals surface area contributed by atoms with Crippen molar-refractivity contribution in [3.05, 3.63) is 35.9 Å². The summed E-state index contributed by atoms with van der Waals surface area (Å²) in [5.41, 5.74) is 1.14. The number of nitrogens with one attached hydrogen (secondary N) is 1. The molecular formula is C21H29BrN2O. The number of hydrogen-bond donors (Lipinski definition) is 1. The molecule has 0 radical (unpaired) electrons. The minimum atomic E-state index is -0.124. The first-order valence-electron chi connectivity index (χ1n) is 9.58. The Kier molecular flexibility index (Phi) is 4.48. The van der Waals surface area contributed by atoms with Crippen LogP contribution in [0.5, 0.6) is 0 Å². The average Bonchev–Trinajstić information content (AvgIpc) is 2.53. The van der Waals surface area contributed by atoms with E-state index in [1.165, 1.54) is 24.8 Å². The highest BCUT2D eigenvalue weighted by Gasteiger charge is 2.59. The first kappa shape index (κ1) is 17.5. The first-order valence-corrected chi connectivity index (χ1v) is 10.4. The molecule has 4 aliphatic rings. The summed E-state index contributed by atoms with van der Waals surface area (Å²) in [6.45, 7) is 0.683. The van der Waals surface area contributed by atoms with Gasteiger partial charge in [0.1, 0.15) is 0 Å². The van der Waals surface area contributed by atoms with Gasteiger partial charge < -0.3 is 10.2 Å². The molecule has 0 heterocycles. The van der Waals surface area contributed by atoms with E-state index >= 15 is 0 Å². The van der Waals surface area contributed by atoms with E-state index in [1.54, 1.807) is 0 Å². The van der Waals surface area contributed by atoms with Gasteiger partial charge in [-0.3, -0.25) is 4.79 Å². The summed E-state index contributed by atoms with van der Waals surface area (Å²) >= 11 is 4.01. The maximum Gasteiger partial charge on any atom is 0.226 e. The summed E-state index contributed by atoms with van der Waals surface area (Å²) in [5.74, 6) is 1.78. The molecule has 25 heavy (non-hydrogen) atoms. The molecule has 0 unspecified atom stereocenters. The topological polar surface area (TPSA) is 32.3 Å². The Balaban J connectivity index is 1.47. The first-order chi connectivity index (χ1) is 11.9. The predicted molar refractivity (Wildman–Crippen MR) is 105 cm³/mol. The maximum absolute atomic E-state index is 13.2. The van der Waals surface area contributed by atoms with Gasteiger partial charge in [-0.05, 0) is 70.0 Å². The van der Waals surface area contributed by atoms with Gasteiger partial charge in [0.25, 0.3) is 0 Å². The number of rotatable bonds is 5. The predicted octanol–water partition coefficient (Wildman–Crippen LogP) is 4.14. The Bertz CT molecular complexity index is 631. The van der Waals surface area contributed by atoms with E-state index in [0.717, 1.165) is 31.1 Å². The van der Waals surface area contributed by atoms with Gasteiger partial charge in [-0.1, -0.05) is 46.3 Å². The Morgan fingerprint density at radius 1 is 1.20 bits per heavy atom. The van der Waals surface area contributed by atoms with Crippen LogP contribution < -0.4 is 5.32 Å². The highest BCUT2D eigenvalue weighted by molar-refractivity contribution is 9.10. The smallest absolute Gasteiger partial charge is 0.226 e. The average molecular weight is 405 g/mol. The zero-order chi connectivity index (χ0) is 17.7. The van der Waals surface area contributed by atoms with Crippen LogP contribution >= 0.6 is 15.9 Å². The number of halogens is 1. The van der Waals surface area contributed by atoms with E-state index in [0.29, 0.717) is 12.5 Å². The third kappa shape index (κ3) is 3.28. The van der Waals surface area contributed by atoms with Crippen molar-refractivity contribution in [2.24, 2.45) is 17.3 Å². The van der Waals surface area contributed by atoms with E-state index < -0.39 is 0 Å². The normalized spacial score (nSPS) is 37.3. The van der Waals surface area contributed by atoms with Crippen LogP contribution in [0.25, 0.3) is 0 Å². The standard InChI is InChI=1S/C21H29BrN2O/c1-24(2)18(17-6-4-3-5-7-17)13-23-19(25)20-9-15-8-16(10-20)12-21(22,11-15)14-20/h3-7,15-16,18H,8-14H2,1-2H3,(H,23,25)/t15-,16-,18-,20?,21?/m1/s1. The van der Waals surface area contributed by atoms with Crippen molar-refractivity contribution < 1.29 is 4.79 Å². The minimum Gasteiger partial charge on any atom is -0.354 e. The molecule has 5 rings (SSSR count). The van der Waals surface area contributed by atoms with Crippen LogP contribution in [0.2, 0.25) is 0 Å². The Morgan fingerprint density at radius 2 is 1.84 bits per heavy atom. The highest BCUT2D eigenvalue weighted by Crippen LogP contribution is 2.64. The zero-order valence-corrected chi connectivity index (χ0v) is 16.9. The fraction of sp³-hybridized carbons (Fsp3) is 0.667. The maximum atomic E-state index is 13.2. The largest absolute Gasteiger partial charge is 0.354 e. The summed E-state index contributed by atoms with van der Waals surface area (Å²) in [7, 11) is 4.17. The van der Waals surface area contributed by atoms with Crippen molar-refractivity contribution in [3.63, 3.8) is 0 Å². The van der Waals surface area contributed by atoms with Crippen LogP contribution in [0.15, 0.2) is 30.3 Å². The molecule has 0 aromatic heterocycles. The second-order valence-corrected chi connectivity index (χ2v) is 10.7. The van der Waals surface area contributed by atoms with Crippen LogP contribution in [-0.2, 0) is 4.79 Å². The molecule has 1 N–H and O–H groups in total. The zero-order valence-electron chi connectivity index (χ0n) is 15.3. The molecule has 1 amide bonds. The Hall–Kier alpha value is -0.870. The van der Waals surface area contributed by atoms with Gasteiger partial charge in [0.15, 0.2) is 0 Å². The number of carbonyl (C=O) groups is 1. The number of alkyl halides is 1. The lowest BCUT2D eigenvalue weighted by Gasteiger charge is -2.59. The van der Waals surface area contributed by atoms with Crippen molar-refractivity contribution in [1.82, 2.24) is 10.2 Å². The highest BCUT2D eigenvalue weighted by atomic mass is 79.9. The van der Waals surface area contributed by atoms with Crippen LogP contribution in [-0.4, -0.2) is 35.8 Å². The van der Waals surface area contributed by atoms with Gasteiger partial charge in [0.2, 0.25) is 5.91 Å². The molecule has 4 aliphatic carbocycles. The molecule has 136 valence electrons. The molecule has 0 aliphatic heterocycles. The fourth-order valence-corrected chi connectivity index (χ4v) is 7.52. The van der Waals surface area contributed by atoms with E-state index in [9.17, 15) is 4.79 Å². The quantitative estimate of drug-likeness (QED) is 0.747. The monoisotopic (exact) mass is 404 g/mol. The van der Waals surface area contributed by atoms with E-state index in [4.69, 9.17) is 0 Å². The van der Waals surface area contributed by atoms with Crippen molar-refractivity contribution in [1.29, 1.82) is 0 Å². The van der Waals surface area contributed by atoms with Gasteiger partial charge in [-0.2, -0.15) is 0 Å². The molecule has 0 saturated heterocycles. The van der Waals surface area contributed by atoms with E-state index in [1.807, 2.05) is 6.07 Å². The van der Waals surface area contributed by atoms with Crippen LogP contribution in [0, 0.1) is 17.3 Å². The lowest BCUT2D eigenvalue weighted by Crippen LogP contribution is -2.58.